The van der Waals surface area contributed by atoms with Crippen LogP contribution in [-0.4, -0.2) is 33.7 Å². The molecule has 0 saturated carbocycles. The molecule has 3 rings (SSSR count). The number of nitrogens with zero attached hydrogens (tertiary/aromatic N) is 3. The Balaban J connectivity index is 1.51. The zero-order valence-electron chi connectivity index (χ0n) is 14.6. The first-order valence-electron chi connectivity index (χ1n) is 8.11. The summed E-state index contributed by atoms with van der Waals surface area (Å²) in [5.41, 5.74) is 0.965. The van der Waals surface area contributed by atoms with Crippen LogP contribution in [0.15, 0.2) is 46.2 Å². The molecule has 3 aromatic rings. The van der Waals surface area contributed by atoms with E-state index in [0.717, 1.165) is 39.6 Å². The average Bonchev–Trinajstić information content (AvgIpc) is 3.19. The highest BCUT2D eigenvalue weighted by Gasteiger charge is 2.14. The summed E-state index contributed by atoms with van der Waals surface area (Å²) in [7, 11) is 1.96. The maximum absolute atomic E-state index is 5.75. The van der Waals surface area contributed by atoms with Crippen LogP contribution in [0.2, 0.25) is 0 Å². The van der Waals surface area contributed by atoms with Gasteiger partial charge >= 0.3 is 0 Å². The molecule has 1 aromatic carbocycles. The van der Waals surface area contributed by atoms with Crippen LogP contribution in [-0.2, 0) is 7.05 Å². The predicted octanol–water partition coefficient (Wildman–Crippen LogP) is 3.95. The second-order valence-electron chi connectivity index (χ2n) is 5.36. The molecule has 0 fully saturated rings. The van der Waals surface area contributed by atoms with Gasteiger partial charge in [0.25, 0.3) is 0 Å². The van der Waals surface area contributed by atoms with Gasteiger partial charge in [-0.2, -0.15) is 0 Å². The lowest BCUT2D eigenvalue weighted by Crippen LogP contribution is -2.02. The Hall–Kier alpha value is -2.41. The Morgan fingerprint density at radius 3 is 2.44 bits per heavy atom. The number of hydrogen-bond acceptors (Lipinski definition) is 6. The fourth-order valence-electron chi connectivity index (χ4n) is 2.38. The molecule has 7 heteroatoms. The molecule has 0 atom stereocenters. The first-order chi connectivity index (χ1) is 12.2. The minimum atomic E-state index is 0.589. The molecule has 2 aromatic heterocycles. The molecule has 132 valence electrons. The number of rotatable bonds is 8. The molecule has 25 heavy (non-hydrogen) atoms. The van der Waals surface area contributed by atoms with Crippen LogP contribution in [0.25, 0.3) is 11.4 Å². The van der Waals surface area contributed by atoms with Gasteiger partial charge in [0.05, 0.1) is 25.0 Å². The van der Waals surface area contributed by atoms with Gasteiger partial charge in [-0.15, -0.1) is 10.2 Å². The Morgan fingerprint density at radius 2 is 1.80 bits per heavy atom. The van der Waals surface area contributed by atoms with Crippen molar-refractivity contribution < 1.29 is 13.9 Å². The number of hydrogen-bond donors (Lipinski definition) is 0. The summed E-state index contributed by atoms with van der Waals surface area (Å²) in [6.07, 6.45) is 1.66. The molecular weight excluding hydrogens is 338 g/mol. The number of ether oxygens (including phenoxy) is 2. The highest BCUT2D eigenvalue weighted by atomic mass is 32.2. The summed E-state index contributed by atoms with van der Waals surface area (Å²) in [6.45, 7) is 5.13. The Labute approximate surface area is 151 Å². The maximum Gasteiger partial charge on any atom is 0.191 e. The van der Waals surface area contributed by atoms with Gasteiger partial charge in [-0.3, -0.25) is 0 Å². The largest absolute Gasteiger partial charge is 0.494 e. The number of aromatic nitrogens is 3. The van der Waals surface area contributed by atoms with E-state index in [2.05, 4.69) is 10.2 Å². The predicted molar refractivity (Wildman–Crippen MR) is 97.3 cm³/mol. The summed E-state index contributed by atoms with van der Waals surface area (Å²) < 4.78 is 18.5. The topological polar surface area (TPSA) is 62.3 Å². The molecule has 0 saturated heterocycles. The smallest absolute Gasteiger partial charge is 0.191 e. The second kappa shape index (κ2) is 8.11. The van der Waals surface area contributed by atoms with Gasteiger partial charge < -0.3 is 18.5 Å². The average molecular weight is 359 g/mol. The van der Waals surface area contributed by atoms with Gasteiger partial charge in [0.2, 0.25) is 0 Å². The number of thioether (sulfide) groups is 1. The van der Waals surface area contributed by atoms with E-state index in [9.17, 15) is 0 Å². The second-order valence-corrected chi connectivity index (χ2v) is 6.42. The van der Waals surface area contributed by atoms with Crippen LogP contribution in [0.3, 0.4) is 0 Å². The molecule has 0 aliphatic rings. The minimum Gasteiger partial charge on any atom is -0.494 e. The van der Waals surface area contributed by atoms with Crippen molar-refractivity contribution in [1.82, 2.24) is 14.8 Å². The molecule has 6 nitrogen and oxygen atoms in total. The minimum absolute atomic E-state index is 0.589. The molecule has 0 aliphatic carbocycles. The van der Waals surface area contributed by atoms with Gasteiger partial charge in [0.1, 0.15) is 17.3 Å². The highest BCUT2D eigenvalue weighted by Crippen LogP contribution is 2.26. The van der Waals surface area contributed by atoms with Crippen LogP contribution in [0.4, 0.5) is 0 Å². The van der Waals surface area contributed by atoms with Gasteiger partial charge in [-0.25, -0.2) is 0 Å². The highest BCUT2D eigenvalue weighted by molar-refractivity contribution is 7.99. The SMILES string of the molecule is CCOc1ccc(OCCSc2nnc(-c3ccoc3C)n2C)cc1. The lowest BCUT2D eigenvalue weighted by atomic mass is 10.2. The molecular formula is C18H21N3O3S. The third-order valence-electron chi connectivity index (χ3n) is 3.65. The number of benzene rings is 1. The molecule has 0 N–H and O–H groups in total. The van der Waals surface area contributed by atoms with Crippen LogP contribution < -0.4 is 9.47 Å². The van der Waals surface area contributed by atoms with Crippen molar-refractivity contribution in [2.45, 2.75) is 19.0 Å². The first-order valence-corrected chi connectivity index (χ1v) is 9.10. The van der Waals surface area contributed by atoms with Crippen LogP contribution in [0, 0.1) is 6.92 Å². The van der Waals surface area contributed by atoms with Crippen LogP contribution in [0.5, 0.6) is 11.5 Å². The molecule has 0 radical (unpaired) electrons. The third-order valence-corrected chi connectivity index (χ3v) is 4.64. The summed E-state index contributed by atoms with van der Waals surface area (Å²) in [6, 6.07) is 9.56. The van der Waals surface area contributed by atoms with E-state index in [0.29, 0.717) is 13.2 Å². The van der Waals surface area contributed by atoms with E-state index in [-0.39, 0.29) is 0 Å². The molecule has 0 amide bonds. The van der Waals surface area contributed by atoms with Crippen molar-refractivity contribution in [3.63, 3.8) is 0 Å². The molecule has 0 bridgehead atoms. The maximum atomic E-state index is 5.75. The monoisotopic (exact) mass is 359 g/mol. The van der Waals surface area contributed by atoms with Crippen molar-refractivity contribution in [3.05, 3.63) is 42.4 Å². The van der Waals surface area contributed by atoms with E-state index in [1.807, 2.05) is 55.8 Å². The summed E-state index contributed by atoms with van der Waals surface area (Å²) >= 11 is 1.61. The van der Waals surface area contributed by atoms with Crippen molar-refractivity contribution in [2.75, 3.05) is 19.0 Å². The van der Waals surface area contributed by atoms with Gasteiger partial charge in [-0.05, 0) is 44.2 Å². The zero-order valence-corrected chi connectivity index (χ0v) is 15.4. The van der Waals surface area contributed by atoms with Gasteiger partial charge in [-0.1, -0.05) is 11.8 Å². The summed E-state index contributed by atoms with van der Waals surface area (Å²) in [4.78, 5) is 0. The quantitative estimate of drug-likeness (QED) is 0.448. The summed E-state index contributed by atoms with van der Waals surface area (Å²) in [5.74, 6) is 4.11. The fraction of sp³-hybridized carbons (Fsp3) is 0.333. The van der Waals surface area contributed by atoms with Gasteiger partial charge in [0.15, 0.2) is 11.0 Å². The normalized spacial score (nSPS) is 10.8. The Morgan fingerprint density at radius 1 is 1.08 bits per heavy atom. The van der Waals surface area contributed by atoms with E-state index in [4.69, 9.17) is 13.9 Å². The van der Waals surface area contributed by atoms with E-state index >= 15 is 0 Å². The van der Waals surface area contributed by atoms with E-state index in [1.54, 1.807) is 18.0 Å². The summed E-state index contributed by atoms with van der Waals surface area (Å²) in [5, 5.41) is 9.36. The fourth-order valence-corrected chi connectivity index (χ4v) is 3.11. The molecule has 2 heterocycles. The third kappa shape index (κ3) is 4.17. The lowest BCUT2D eigenvalue weighted by Gasteiger charge is -2.07. The van der Waals surface area contributed by atoms with E-state index < -0.39 is 0 Å². The van der Waals surface area contributed by atoms with Crippen LogP contribution in [0.1, 0.15) is 12.7 Å². The van der Waals surface area contributed by atoms with Crippen molar-refractivity contribution in [1.29, 1.82) is 0 Å². The van der Waals surface area contributed by atoms with Crippen molar-refractivity contribution in [3.8, 4) is 22.9 Å². The first kappa shape index (κ1) is 17.4. The van der Waals surface area contributed by atoms with Crippen molar-refractivity contribution >= 4 is 11.8 Å². The van der Waals surface area contributed by atoms with Crippen molar-refractivity contribution in [2.24, 2.45) is 7.05 Å². The zero-order chi connectivity index (χ0) is 17.6. The molecule has 0 unspecified atom stereocenters. The number of aryl methyl sites for hydroxylation is 1. The number of furan rings is 1. The molecule has 0 aliphatic heterocycles. The van der Waals surface area contributed by atoms with Crippen LogP contribution >= 0.6 is 11.8 Å². The van der Waals surface area contributed by atoms with E-state index in [1.165, 1.54) is 0 Å². The Bertz CT molecular complexity index is 811. The van der Waals surface area contributed by atoms with Gasteiger partial charge in [0, 0.05) is 12.8 Å². The Kier molecular flexibility index (Phi) is 5.65. The molecule has 0 spiro atoms. The lowest BCUT2D eigenvalue weighted by molar-refractivity contribution is 0.332. The standard InChI is InChI=1S/C18H21N3O3S/c1-4-22-14-5-7-15(8-6-14)24-11-12-25-18-20-19-17(21(18)3)16-9-10-23-13(16)2/h5-10H,4,11-12H2,1-3H3.